The van der Waals surface area contributed by atoms with Gasteiger partial charge < -0.3 is 15.8 Å². The summed E-state index contributed by atoms with van der Waals surface area (Å²) in [6.45, 7) is 4.32. The Labute approximate surface area is 146 Å². The van der Waals surface area contributed by atoms with Gasteiger partial charge in [-0.05, 0) is 62.5 Å². The maximum absolute atomic E-state index is 5.43. The zero-order valence-electron chi connectivity index (χ0n) is 13.2. The van der Waals surface area contributed by atoms with Crippen LogP contribution in [0.3, 0.4) is 0 Å². The van der Waals surface area contributed by atoms with Crippen LogP contribution in [-0.2, 0) is 0 Å². The number of nitrogens with two attached hydrogens (primary N) is 1. The Morgan fingerprint density at radius 2 is 1.83 bits per heavy atom. The van der Waals surface area contributed by atoms with Crippen molar-refractivity contribution in [3.63, 3.8) is 0 Å². The van der Waals surface area contributed by atoms with Gasteiger partial charge in [0, 0.05) is 12.6 Å². The molecule has 0 aliphatic rings. The number of hydrogen-bond donors (Lipinski definition) is 4. The van der Waals surface area contributed by atoms with Crippen LogP contribution in [0.4, 0.5) is 0 Å². The second-order valence-electron chi connectivity index (χ2n) is 4.28. The van der Waals surface area contributed by atoms with Crippen molar-refractivity contribution in [3.8, 4) is 5.75 Å². The van der Waals surface area contributed by atoms with Gasteiger partial charge >= 0.3 is 0 Å². The van der Waals surface area contributed by atoms with E-state index in [2.05, 4.69) is 26.4 Å². The molecule has 0 fully saturated rings. The minimum absolute atomic E-state index is 0.0779. The topological polar surface area (TPSA) is 96.1 Å². The monoisotopic (exact) mass is 352 g/mol. The van der Waals surface area contributed by atoms with Crippen LogP contribution < -0.4 is 26.6 Å². The molecular formula is C14H20N6OS2. The summed E-state index contributed by atoms with van der Waals surface area (Å²) in [5, 5.41) is 11.6. The Balaban J connectivity index is 3.09. The summed E-state index contributed by atoms with van der Waals surface area (Å²) < 4.78 is 5.43. The van der Waals surface area contributed by atoms with Crippen LogP contribution in [0.25, 0.3) is 0 Å². The van der Waals surface area contributed by atoms with Gasteiger partial charge in [-0.3, -0.25) is 10.9 Å². The van der Waals surface area contributed by atoms with Crippen LogP contribution in [0, 0.1) is 0 Å². The lowest BCUT2D eigenvalue weighted by atomic mass is 10.1. The highest BCUT2D eigenvalue weighted by Gasteiger charge is 2.09. The van der Waals surface area contributed by atoms with Gasteiger partial charge in [0.15, 0.2) is 10.2 Å². The first-order valence-electron chi connectivity index (χ1n) is 6.86. The van der Waals surface area contributed by atoms with Crippen molar-refractivity contribution in [2.45, 2.75) is 13.8 Å². The minimum atomic E-state index is 0.0779. The van der Waals surface area contributed by atoms with E-state index in [0.717, 1.165) is 11.3 Å². The maximum atomic E-state index is 5.43. The van der Waals surface area contributed by atoms with Crippen LogP contribution in [-0.4, -0.2) is 35.3 Å². The van der Waals surface area contributed by atoms with E-state index >= 15 is 0 Å². The van der Waals surface area contributed by atoms with Gasteiger partial charge in [0.25, 0.3) is 0 Å². The largest absolute Gasteiger partial charge is 0.494 e. The van der Waals surface area contributed by atoms with Crippen molar-refractivity contribution in [2.75, 3.05) is 13.7 Å². The molecule has 0 saturated carbocycles. The molecule has 0 aromatic heterocycles. The van der Waals surface area contributed by atoms with Crippen molar-refractivity contribution >= 4 is 46.1 Å². The zero-order valence-corrected chi connectivity index (χ0v) is 14.8. The van der Waals surface area contributed by atoms with Gasteiger partial charge in [0.05, 0.1) is 12.3 Å². The molecule has 1 rings (SSSR count). The van der Waals surface area contributed by atoms with Crippen LogP contribution >= 0.6 is 24.4 Å². The second kappa shape index (κ2) is 9.70. The average molecular weight is 352 g/mol. The van der Waals surface area contributed by atoms with E-state index in [1.54, 1.807) is 14.0 Å². The predicted octanol–water partition coefficient (Wildman–Crippen LogP) is 1.09. The van der Waals surface area contributed by atoms with Gasteiger partial charge in [0.1, 0.15) is 11.5 Å². The van der Waals surface area contributed by atoms with Crippen LogP contribution in [0.1, 0.15) is 19.4 Å². The van der Waals surface area contributed by atoms with Gasteiger partial charge in [-0.2, -0.15) is 10.2 Å². The Morgan fingerprint density at radius 3 is 2.35 bits per heavy atom. The van der Waals surface area contributed by atoms with Crippen LogP contribution in [0.5, 0.6) is 5.75 Å². The van der Waals surface area contributed by atoms with E-state index in [9.17, 15) is 0 Å². The molecule has 0 atom stereocenters. The molecule has 23 heavy (non-hydrogen) atoms. The normalized spacial score (nSPS) is 11.6. The van der Waals surface area contributed by atoms with Gasteiger partial charge in [-0.15, -0.1) is 0 Å². The smallest absolute Gasteiger partial charge is 0.186 e. The first kappa shape index (κ1) is 18.8. The summed E-state index contributed by atoms with van der Waals surface area (Å²) in [5.41, 5.74) is 12.7. The van der Waals surface area contributed by atoms with Gasteiger partial charge in [0.2, 0.25) is 0 Å². The van der Waals surface area contributed by atoms with Crippen molar-refractivity contribution in [1.82, 2.24) is 16.2 Å². The fourth-order valence-electron chi connectivity index (χ4n) is 1.58. The molecular weight excluding hydrogens is 332 g/mol. The SMILES string of the molecule is CCOc1ccc(C(=N\NC(=S)NC)/C(C)=N/NC(N)=S)cc1. The van der Waals surface area contributed by atoms with E-state index in [4.69, 9.17) is 34.9 Å². The van der Waals surface area contributed by atoms with E-state index in [0.29, 0.717) is 23.1 Å². The highest BCUT2D eigenvalue weighted by Crippen LogP contribution is 2.13. The van der Waals surface area contributed by atoms with Crippen molar-refractivity contribution in [3.05, 3.63) is 29.8 Å². The Bertz CT molecular complexity index is 612. The summed E-state index contributed by atoms with van der Waals surface area (Å²) in [6, 6.07) is 7.49. The number of thiocarbonyl (C=S) groups is 2. The molecule has 0 radical (unpaired) electrons. The molecule has 0 unspecified atom stereocenters. The first-order chi connectivity index (χ1) is 11.0. The van der Waals surface area contributed by atoms with Crippen molar-refractivity contribution in [2.24, 2.45) is 15.9 Å². The lowest BCUT2D eigenvalue weighted by Gasteiger charge is -2.10. The number of benzene rings is 1. The fourth-order valence-corrected chi connectivity index (χ4v) is 1.68. The molecule has 7 nitrogen and oxygen atoms in total. The molecule has 0 heterocycles. The van der Waals surface area contributed by atoms with Crippen molar-refractivity contribution < 1.29 is 4.74 Å². The third kappa shape index (κ3) is 6.57. The number of ether oxygens (including phenoxy) is 1. The lowest BCUT2D eigenvalue weighted by molar-refractivity contribution is 0.340. The molecule has 0 saturated heterocycles. The molecule has 0 amide bonds. The van der Waals surface area contributed by atoms with E-state index in [1.807, 2.05) is 31.2 Å². The summed E-state index contributed by atoms with van der Waals surface area (Å²) in [7, 11) is 1.71. The van der Waals surface area contributed by atoms with E-state index in [-0.39, 0.29) is 5.11 Å². The summed E-state index contributed by atoms with van der Waals surface area (Å²) in [6.07, 6.45) is 0. The lowest BCUT2D eigenvalue weighted by Crippen LogP contribution is -2.31. The number of hydrazone groups is 2. The molecule has 0 spiro atoms. The third-order valence-corrected chi connectivity index (χ3v) is 3.00. The summed E-state index contributed by atoms with van der Waals surface area (Å²) in [5.74, 6) is 0.783. The van der Waals surface area contributed by atoms with E-state index < -0.39 is 0 Å². The third-order valence-electron chi connectivity index (χ3n) is 2.61. The van der Waals surface area contributed by atoms with Crippen LogP contribution in [0.2, 0.25) is 0 Å². The Kier molecular flexibility index (Phi) is 7.92. The molecule has 0 aliphatic heterocycles. The summed E-state index contributed by atoms with van der Waals surface area (Å²) in [4.78, 5) is 0. The predicted molar refractivity (Wildman–Crippen MR) is 102 cm³/mol. The van der Waals surface area contributed by atoms with Crippen LogP contribution in [0.15, 0.2) is 34.5 Å². The quantitative estimate of drug-likeness (QED) is 0.346. The minimum Gasteiger partial charge on any atom is -0.494 e. The van der Waals surface area contributed by atoms with Gasteiger partial charge in [-0.1, -0.05) is 0 Å². The standard InChI is InChI=1S/C14H20N6OS2/c1-4-21-11-7-5-10(6-8-11)12(18-20-14(23)16-3)9(2)17-19-13(15)22/h5-8H,4H2,1-3H3,(H3,15,19,22)(H2,16,20,23)/b17-9+,18-12-. The summed E-state index contributed by atoms with van der Waals surface area (Å²) >= 11 is 9.77. The Hall–Kier alpha value is -2.26. The maximum Gasteiger partial charge on any atom is 0.186 e. The van der Waals surface area contributed by atoms with E-state index in [1.165, 1.54) is 0 Å². The number of hydrogen-bond acceptors (Lipinski definition) is 5. The molecule has 1 aromatic rings. The molecule has 0 aliphatic carbocycles. The van der Waals surface area contributed by atoms with Gasteiger partial charge in [-0.25, -0.2) is 0 Å². The Morgan fingerprint density at radius 1 is 1.17 bits per heavy atom. The highest BCUT2D eigenvalue weighted by molar-refractivity contribution is 7.80. The van der Waals surface area contributed by atoms with Crippen molar-refractivity contribution in [1.29, 1.82) is 0 Å². The number of rotatable bonds is 6. The molecule has 0 bridgehead atoms. The highest BCUT2D eigenvalue weighted by atomic mass is 32.1. The molecule has 5 N–H and O–H groups in total. The molecule has 124 valence electrons. The molecule has 1 aromatic carbocycles. The number of nitrogens with zero attached hydrogens (tertiary/aromatic N) is 2. The average Bonchev–Trinajstić information content (AvgIpc) is 2.54. The number of nitrogens with one attached hydrogen (secondary N) is 3. The fraction of sp³-hybridized carbons (Fsp3) is 0.286. The second-order valence-corrected chi connectivity index (χ2v) is 5.13. The first-order valence-corrected chi connectivity index (χ1v) is 7.68. The zero-order chi connectivity index (χ0) is 17.2. The molecule has 9 heteroatoms.